The zero-order chi connectivity index (χ0) is 14.1. The maximum atomic E-state index is 12.8. The molecule has 1 atom stereocenters. The summed E-state index contributed by atoms with van der Waals surface area (Å²) in [5.41, 5.74) is 0.480. The molecule has 3 heteroatoms. The highest BCUT2D eigenvalue weighted by molar-refractivity contribution is 5.83. The third kappa shape index (κ3) is 2.81. The fraction of sp³-hybridized carbons (Fsp3) is 0.938. The lowest BCUT2D eigenvalue weighted by Gasteiger charge is -2.40. The lowest BCUT2D eigenvalue weighted by Crippen LogP contribution is -2.56. The standard InChI is InChI=1S/C16H30N2O/c1-5-16(6-2)9-11-18(12-16)14(19)13-15(3,4)8-7-10-17-13/h13,17H,5-12H2,1-4H3. The molecule has 0 spiro atoms. The number of rotatable bonds is 3. The molecule has 19 heavy (non-hydrogen) atoms. The molecule has 0 aromatic carbocycles. The van der Waals surface area contributed by atoms with Crippen LogP contribution >= 0.6 is 0 Å². The van der Waals surface area contributed by atoms with Crippen LogP contribution in [0.5, 0.6) is 0 Å². The van der Waals surface area contributed by atoms with E-state index in [0.29, 0.717) is 11.3 Å². The maximum absolute atomic E-state index is 12.8. The SMILES string of the molecule is CCC1(CC)CCN(C(=O)C2NCCCC2(C)C)C1. The number of carbonyl (C=O) groups excluding carboxylic acids is 1. The van der Waals surface area contributed by atoms with Crippen LogP contribution in [0.3, 0.4) is 0 Å². The van der Waals surface area contributed by atoms with Gasteiger partial charge in [0.15, 0.2) is 0 Å². The van der Waals surface area contributed by atoms with Crippen LogP contribution in [0.25, 0.3) is 0 Å². The lowest BCUT2D eigenvalue weighted by molar-refractivity contribution is -0.136. The van der Waals surface area contributed by atoms with E-state index in [2.05, 4.69) is 37.9 Å². The van der Waals surface area contributed by atoms with Gasteiger partial charge in [-0.05, 0) is 49.5 Å². The first-order valence-electron chi connectivity index (χ1n) is 7.96. The summed E-state index contributed by atoms with van der Waals surface area (Å²) in [5.74, 6) is 0.341. The quantitative estimate of drug-likeness (QED) is 0.852. The Morgan fingerprint density at radius 3 is 2.47 bits per heavy atom. The number of piperidine rings is 1. The van der Waals surface area contributed by atoms with Gasteiger partial charge < -0.3 is 10.2 Å². The second-order valence-corrected chi connectivity index (χ2v) is 7.20. The number of nitrogens with zero attached hydrogens (tertiary/aromatic N) is 1. The van der Waals surface area contributed by atoms with Crippen LogP contribution in [0.15, 0.2) is 0 Å². The van der Waals surface area contributed by atoms with Crippen LogP contribution < -0.4 is 5.32 Å². The van der Waals surface area contributed by atoms with Gasteiger partial charge in [0.2, 0.25) is 5.91 Å². The molecule has 2 aliphatic heterocycles. The lowest BCUT2D eigenvalue weighted by atomic mass is 9.77. The minimum absolute atomic E-state index is 0.0192. The molecule has 2 heterocycles. The second kappa shape index (κ2) is 5.43. The highest BCUT2D eigenvalue weighted by Crippen LogP contribution is 2.39. The van der Waals surface area contributed by atoms with Gasteiger partial charge in [-0.2, -0.15) is 0 Å². The van der Waals surface area contributed by atoms with E-state index in [1.165, 1.54) is 25.7 Å². The summed E-state index contributed by atoms with van der Waals surface area (Å²) in [4.78, 5) is 14.9. The van der Waals surface area contributed by atoms with Crippen molar-refractivity contribution in [3.8, 4) is 0 Å². The Kier molecular flexibility index (Phi) is 4.24. The van der Waals surface area contributed by atoms with Crippen LogP contribution in [-0.2, 0) is 4.79 Å². The monoisotopic (exact) mass is 266 g/mol. The molecule has 2 fully saturated rings. The first-order valence-corrected chi connectivity index (χ1v) is 7.96. The fourth-order valence-electron chi connectivity index (χ4n) is 3.77. The van der Waals surface area contributed by atoms with Crippen molar-refractivity contribution in [2.45, 2.75) is 65.8 Å². The van der Waals surface area contributed by atoms with Crippen LogP contribution in [0.4, 0.5) is 0 Å². The summed E-state index contributed by atoms with van der Waals surface area (Å²) in [5, 5.41) is 3.46. The number of hydrogen-bond acceptors (Lipinski definition) is 2. The van der Waals surface area contributed by atoms with E-state index in [9.17, 15) is 4.79 Å². The van der Waals surface area contributed by atoms with E-state index in [1.807, 2.05) is 0 Å². The molecular weight excluding hydrogens is 236 g/mol. The molecule has 3 nitrogen and oxygen atoms in total. The highest BCUT2D eigenvalue weighted by Gasteiger charge is 2.43. The molecule has 0 aliphatic carbocycles. The van der Waals surface area contributed by atoms with E-state index in [-0.39, 0.29) is 11.5 Å². The molecule has 0 aromatic rings. The normalized spacial score (nSPS) is 29.5. The van der Waals surface area contributed by atoms with Gasteiger partial charge in [-0.3, -0.25) is 4.79 Å². The van der Waals surface area contributed by atoms with Gasteiger partial charge in [0.25, 0.3) is 0 Å². The Morgan fingerprint density at radius 1 is 1.26 bits per heavy atom. The summed E-state index contributed by atoms with van der Waals surface area (Å²) in [6.07, 6.45) is 5.89. The van der Waals surface area contributed by atoms with Gasteiger partial charge in [-0.1, -0.05) is 27.7 Å². The van der Waals surface area contributed by atoms with E-state index in [4.69, 9.17) is 0 Å². The molecule has 0 saturated carbocycles. The first kappa shape index (κ1) is 14.8. The average molecular weight is 266 g/mol. The Morgan fingerprint density at radius 2 is 1.95 bits per heavy atom. The zero-order valence-corrected chi connectivity index (χ0v) is 13.1. The molecule has 0 aromatic heterocycles. The van der Waals surface area contributed by atoms with Crippen LogP contribution in [0.2, 0.25) is 0 Å². The van der Waals surface area contributed by atoms with Gasteiger partial charge in [0.05, 0.1) is 6.04 Å². The summed E-state index contributed by atoms with van der Waals surface area (Å²) in [6, 6.07) is 0.0192. The Balaban J connectivity index is 2.05. The summed E-state index contributed by atoms with van der Waals surface area (Å²) in [7, 11) is 0. The molecule has 1 amide bonds. The summed E-state index contributed by atoms with van der Waals surface area (Å²) < 4.78 is 0. The van der Waals surface area contributed by atoms with Crippen LogP contribution in [0, 0.1) is 10.8 Å². The van der Waals surface area contributed by atoms with Crippen LogP contribution in [0.1, 0.15) is 59.8 Å². The Hall–Kier alpha value is -0.570. The molecule has 1 N–H and O–H groups in total. The van der Waals surface area contributed by atoms with Gasteiger partial charge in [0, 0.05) is 13.1 Å². The Bertz CT molecular complexity index is 334. The van der Waals surface area contributed by atoms with Crippen molar-refractivity contribution in [3.05, 3.63) is 0 Å². The predicted octanol–water partition coefficient (Wildman–Crippen LogP) is 2.80. The van der Waals surface area contributed by atoms with E-state index < -0.39 is 0 Å². The largest absolute Gasteiger partial charge is 0.341 e. The van der Waals surface area contributed by atoms with E-state index in [0.717, 1.165) is 26.1 Å². The zero-order valence-electron chi connectivity index (χ0n) is 13.1. The smallest absolute Gasteiger partial charge is 0.240 e. The Labute approximate surface area is 118 Å². The maximum Gasteiger partial charge on any atom is 0.240 e. The average Bonchev–Trinajstić information content (AvgIpc) is 2.83. The molecule has 2 saturated heterocycles. The molecule has 2 aliphatic rings. The van der Waals surface area contributed by atoms with Crippen molar-refractivity contribution in [2.75, 3.05) is 19.6 Å². The van der Waals surface area contributed by atoms with Crippen molar-refractivity contribution < 1.29 is 4.79 Å². The summed E-state index contributed by atoms with van der Waals surface area (Å²) >= 11 is 0. The van der Waals surface area contributed by atoms with E-state index >= 15 is 0 Å². The number of likely N-dealkylation sites (tertiary alicyclic amines) is 1. The second-order valence-electron chi connectivity index (χ2n) is 7.20. The van der Waals surface area contributed by atoms with Crippen molar-refractivity contribution in [2.24, 2.45) is 10.8 Å². The van der Waals surface area contributed by atoms with Gasteiger partial charge in [0.1, 0.15) is 0 Å². The van der Waals surface area contributed by atoms with Gasteiger partial charge in [-0.15, -0.1) is 0 Å². The number of amides is 1. The molecule has 0 bridgehead atoms. The van der Waals surface area contributed by atoms with Crippen molar-refractivity contribution in [3.63, 3.8) is 0 Å². The van der Waals surface area contributed by atoms with Crippen LogP contribution in [-0.4, -0.2) is 36.5 Å². The highest BCUT2D eigenvalue weighted by atomic mass is 16.2. The number of carbonyl (C=O) groups is 1. The molecular formula is C16H30N2O. The fourth-order valence-corrected chi connectivity index (χ4v) is 3.77. The molecule has 1 unspecified atom stereocenters. The van der Waals surface area contributed by atoms with Crippen molar-refractivity contribution in [1.29, 1.82) is 0 Å². The predicted molar refractivity (Wildman–Crippen MR) is 79.0 cm³/mol. The topological polar surface area (TPSA) is 32.3 Å². The van der Waals surface area contributed by atoms with E-state index in [1.54, 1.807) is 0 Å². The minimum atomic E-state index is 0.0192. The summed E-state index contributed by atoms with van der Waals surface area (Å²) in [6.45, 7) is 11.9. The van der Waals surface area contributed by atoms with Gasteiger partial charge in [-0.25, -0.2) is 0 Å². The molecule has 110 valence electrons. The number of nitrogens with one attached hydrogen (secondary N) is 1. The third-order valence-corrected chi connectivity index (χ3v) is 5.62. The molecule has 0 radical (unpaired) electrons. The molecule has 2 rings (SSSR count). The van der Waals surface area contributed by atoms with Crippen molar-refractivity contribution >= 4 is 5.91 Å². The third-order valence-electron chi connectivity index (χ3n) is 5.62. The van der Waals surface area contributed by atoms with Crippen molar-refractivity contribution in [1.82, 2.24) is 10.2 Å². The first-order chi connectivity index (χ1) is 8.94. The van der Waals surface area contributed by atoms with Gasteiger partial charge >= 0.3 is 0 Å². The number of hydrogen-bond donors (Lipinski definition) is 1. The minimum Gasteiger partial charge on any atom is -0.341 e.